The molecule has 6 atom stereocenters. The van der Waals surface area contributed by atoms with Gasteiger partial charge >= 0.3 is 5.97 Å². The maximum Gasteiger partial charge on any atom is 0.306 e. The first-order chi connectivity index (χ1) is 18.3. The molecule has 3 aliphatic rings. The van der Waals surface area contributed by atoms with Gasteiger partial charge in [0.15, 0.2) is 0 Å². The first-order valence-electron chi connectivity index (χ1n) is 12.5. The van der Waals surface area contributed by atoms with Crippen LogP contribution in [0.1, 0.15) is 19.3 Å². The fourth-order valence-electron chi connectivity index (χ4n) is 6.09. The molecule has 2 heterocycles. The molecule has 0 radical (unpaired) electrons. The summed E-state index contributed by atoms with van der Waals surface area (Å²) in [6.45, 7) is 0.259. The van der Waals surface area contributed by atoms with Gasteiger partial charge in [0.05, 0.1) is 41.6 Å². The summed E-state index contributed by atoms with van der Waals surface area (Å²) in [6, 6.07) is 18.6. The molecule has 0 saturated carbocycles. The third-order valence-corrected chi connectivity index (χ3v) is 11.4. The molecule has 1 aliphatic carbocycles. The van der Waals surface area contributed by atoms with Gasteiger partial charge in [-0.3, -0.25) is 13.8 Å². The van der Waals surface area contributed by atoms with Crippen LogP contribution in [0.4, 0.5) is 0 Å². The lowest BCUT2D eigenvalue weighted by molar-refractivity contribution is -0.165. The molecule has 1 fully saturated rings. The Balaban J connectivity index is 1.67. The Morgan fingerprint density at radius 3 is 2.50 bits per heavy atom. The van der Waals surface area contributed by atoms with Gasteiger partial charge in [0.25, 0.3) is 0 Å². The number of rotatable bonds is 8. The van der Waals surface area contributed by atoms with Crippen molar-refractivity contribution in [3.05, 3.63) is 84.5 Å². The van der Waals surface area contributed by atoms with Crippen LogP contribution in [0.2, 0.25) is 0 Å². The van der Waals surface area contributed by atoms with Crippen molar-refractivity contribution in [2.45, 2.75) is 50.9 Å². The standard InChI is InChI=1S/C29H31NO6S2/c1-35-21-14-13-20-17-25(31)30-16-15-29(33,24(18-26(32)36-2)28(20,30)19-21)27(37-22-9-5-3-6-10-22)38(34)23-11-7-4-8-12-23/h3-14,17,21,24,27,33H,15-16,18-19H2,1-2H3/t21-,24+,27?,28-,29+,38?/m0/s1. The van der Waals surface area contributed by atoms with Gasteiger partial charge < -0.3 is 19.5 Å². The number of hydrogen-bond donors (Lipinski definition) is 1. The Hall–Kier alpha value is -2.72. The average Bonchev–Trinajstić information content (AvgIpc) is 3.24. The molecule has 0 bridgehead atoms. The van der Waals surface area contributed by atoms with E-state index in [2.05, 4.69) is 0 Å². The fraction of sp³-hybridized carbons (Fsp3) is 0.379. The second-order valence-electron chi connectivity index (χ2n) is 9.80. The zero-order valence-corrected chi connectivity index (χ0v) is 23.0. The lowest BCUT2D eigenvalue weighted by atomic mass is 9.61. The van der Waals surface area contributed by atoms with Crippen molar-refractivity contribution in [2.24, 2.45) is 5.92 Å². The number of aliphatic hydroxyl groups is 1. The van der Waals surface area contributed by atoms with Gasteiger partial charge in [0.1, 0.15) is 4.58 Å². The SMILES string of the molecule is COC(=O)C[C@@H]1[C@]23C[C@@H](OC)C=CC2=CC(=O)N3CC[C@]1(O)C(Sc1ccccc1)S(=O)c1ccccc1. The minimum atomic E-state index is -1.65. The van der Waals surface area contributed by atoms with Gasteiger partial charge in [-0.05, 0) is 36.3 Å². The molecule has 1 amide bonds. The van der Waals surface area contributed by atoms with Gasteiger partial charge in [-0.1, -0.05) is 48.6 Å². The third kappa shape index (κ3) is 4.55. The number of amides is 1. The second-order valence-corrected chi connectivity index (χ2v) is 12.8. The number of nitrogens with zero attached hydrogens (tertiary/aromatic N) is 1. The number of carbonyl (C=O) groups is 2. The van der Waals surface area contributed by atoms with Gasteiger partial charge in [0.2, 0.25) is 5.91 Å². The molecular weight excluding hydrogens is 522 g/mol. The van der Waals surface area contributed by atoms with Gasteiger partial charge in [-0.2, -0.15) is 0 Å². The maximum atomic E-state index is 14.3. The summed E-state index contributed by atoms with van der Waals surface area (Å²) in [7, 11) is 1.26. The van der Waals surface area contributed by atoms with Gasteiger partial charge in [-0.25, -0.2) is 0 Å². The quantitative estimate of drug-likeness (QED) is 0.394. The van der Waals surface area contributed by atoms with Crippen LogP contribution in [0.15, 0.2) is 94.3 Å². The van der Waals surface area contributed by atoms with E-state index in [-0.39, 0.29) is 31.4 Å². The molecule has 1 N–H and O–H groups in total. The van der Waals surface area contributed by atoms with Crippen LogP contribution in [0.25, 0.3) is 0 Å². The van der Waals surface area contributed by atoms with Crippen molar-refractivity contribution in [1.82, 2.24) is 4.90 Å². The number of benzene rings is 2. The van der Waals surface area contributed by atoms with Crippen molar-refractivity contribution < 1.29 is 28.4 Å². The number of methoxy groups -OCH3 is 2. The smallest absolute Gasteiger partial charge is 0.306 e. The van der Waals surface area contributed by atoms with E-state index in [1.807, 2.05) is 60.7 Å². The van der Waals surface area contributed by atoms with Crippen molar-refractivity contribution in [3.63, 3.8) is 0 Å². The van der Waals surface area contributed by atoms with E-state index in [1.54, 1.807) is 30.2 Å². The van der Waals surface area contributed by atoms with E-state index >= 15 is 0 Å². The zero-order chi connectivity index (χ0) is 26.9. The van der Waals surface area contributed by atoms with E-state index in [4.69, 9.17) is 9.47 Å². The zero-order valence-electron chi connectivity index (χ0n) is 21.3. The monoisotopic (exact) mass is 553 g/mol. The Bertz CT molecular complexity index is 1280. The van der Waals surface area contributed by atoms with Gasteiger partial charge in [-0.15, -0.1) is 11.8 Å². The molecule has 1 spiro atoms. The van der Waals surface area contributed by atoms with Crippen LogP contribution in [-0.2, 0) is 29.9 Å². The maximum absolute atomic E-state index is 14.3. The highest BCUT2D eigenvalue weighted by Crippen LogP contribution is 2.57. The number of thioether (sulfide) groups is 1. The normalized spacial score (nSPS) is 29.7. The van der Waals surface area contributed by atoms with Crippen LogP contribution in [0.3, 0.4) is 0 Å². The number of carbonyl (C=O) groups excluding carboxylic acids is 2. The van der Waals surface area contributed by atoms with Crippen LogP contribution >= 0.6 is 11.8 Å². The van der Waals surface area contributed by atoms with E-state index in [9.17, 15) is 18.9 Å². The van der Waals surface area contributed by atoms with Crippen LogP contribution in [-0.4, -0.2) is 68.7 Å². The molecule has 1 saturated heterocycles. The van der Waals surface area contributed by atoms with Crippen molar-refractivity contribution in [1.29, 1.82) is 0 Å². The minimum absolute atomic E-state index is 0.143. The van der Waals surface area contributed by atoms with Gasteiger partial charge in [0, 0.05) is 41.9 Å². The highest BCUT2D eigenvalue weighted by molar-refractivity contribution is 8.11. The van der Waals surface area contributed by atoms with Crippen molar-refractivity contribution in [3.8, 4) is 0 Å². The van der Waals surface area contributed by atoms with Crippen LogP contribution in [0.5, 0.6) is 0 Å². The van der Waals surface area contributed by atoms with E-state index in [0.29, 0.717) is 11.3 Å². The fourth-order valence-corrected chi connectivity index (χ4v) is 9.48. The summed E-state index contributed by atoms with van der Waals surface area (Å²) in [6.07, 6.45) is 5.43. The molecular formula is C29H31NO6S2. The highest BCUT2D eigenvalue weighted by Gasteiger charge is 2.65. The summed E-state index contributed by atoms with van der Waals surface area (Å²) >= 11 is 1.34. The van der Waals surface area contributed by atoms with E-state index < -0.39 is 38.4 Å². The summed E-state index contributed by atoms with van der Waals surface area (Å²) < 4.78 is 24.2. The summed E-state index contributed by atoms with van der Waals surface area (Å²) in [5.74, 6) is -1.44. The average molecular weight is 554 g/mol. The lowest BCUT2D eigenvalue weighted by Gasteiger charge is -2.59. The number of esters is 1. The van der Waals surface area contributed by atoms with E-state index in [1.165, 1.54) is 18.9 Å². The van der Waals surface area contributed by atoms with Crippen LogP contribution in [0, 0.1) is 5.92 Å². The Morgan fingerprint density at radius 1 is 1.16 bits per heavy atom. The molecule has 38 heavy (non-hydrogen) atoms. The van der Waals surface area contributed by atoms with Crippen LogP contribution < -0.4 is 0 Å². The molecule has 7 nitrogen and oxygen atoms in total. The van der Waals surface area contributed by atoms with Crippen molar-refractivity contribution in [2.75, 3.05) is 20.8 Å². The summed E-state index contributed by atoms with van der Waals surface area (Å²) in [5.41, 5.74) is -1.86. The largest absolute Gasteiger partial charge is 0.469 e. The molecule has 2 aliphatic heterocycles. The molecule has 200 valence electrons. The second kappa shape index (κ2) is 10.8. The minimum Gasteiger partial charge on any atom is -0.469 e. The molecule has 2 aromatic rings. The highest BCUT2D eigenvalue weighted by atomic mass is 32.2. The number of hydrogen-bond acceptors (Lipinski definition) is 7. The lowest BCUT2D eigenvalue weighted by Crippen LogP contribution is -2.70. The molecule has 2 unspecified atom stereocenters. The van der Waals surface area contributed by atoms with Crippen molar-refractivity contribution >= 4 is 34.4 Å². The summed E-state index contributed by atoms with van der Waals surface area (Å²) in [4.78, 5) is 29.3. The molecule has 9 heteroatoms. The first-order valence-corrected chi connectivity index (χ1v) is 14.6. The summed E-state index contributed by atoms with van der Waals surface area (Å²) in [5, 5.41) is 12.8. The Morgan fingerprint density at radius 2 is 1.84 bits per heavy atom. The molecule has 2 aromatic carbocycles. The number of piperidine rings is 1. The van der Waals surface area contributed by atoms with E-state index in [0.717, 1.165) is 10.5 Å². The number of ether oxygens (including phenoxy) is 2. The predicted molar refractivity (Wildman–Crippen MR) is 146 cm³/mol. The molecule has 5 rings (SSSR count). The Kier molecular flexibility index (Phi) is 7.64. The Labute approximate surface area is 229 Å². The third-order valence-electron chi connectivity index (χ3n) is 7.91. The first kappa shape index (κ1) is 26.9. The molecule has 0 aromatic heterocycles. The topological polar surface area (TPSA) is 93.1 Å². The predicted octanol–water partition coefficient (Wildman–Crippen LogP) is 3.71.